The maximum atomic E-state index is 14.0. The number of pyridine rings is 2. The van der Waals surface area contributed by atoms with Crippen LogP contribution in [0.5, 0.6) is 0 Å². The first-order valence-corrected chi connectivity index (χ1v) is 11.8. The Balaban J connectivity index is 1.54. The van der Waals surface area contributed by atoms with Gasteiger partial charge in [0.1, 0.15) is 34.8 Å². The number of fused-ring (bicyclic) bond motifs is 3. The number of nitro groups is 1. The fourth-order valence-electron chi connectivity index (χ4n) is 4.62. The quantitative estimate of drug-likeness (QED) is 0.302. The van der Waals surface area contributed by atoms with Crippen molar-refractivity contribution in [2.45, 2.75) is 32.6 Å². The Hall–Kier alpha value is -4.68. The zero-order valence-electron chi connectivity index (χ0n) is 20.9. The van der Waals surface area contributed by atoms with Gasteiger partial charge in [0, 0.05) is 31.1 Å². The lowest BCUT2D eigenvalue weighted by molar-refractivity contribution is -0.384. The summed E-state index contributed by atoms with van der Waals surface area (Å²) >= 11 is 0. The minimum atomic E-state index is -1.47. The molecule has 0 radical (unpaired) electrons. The number of carbonyl (C=O) groups is 2. The Morgan fingerprint density at radius 3 is 2.55 bits per heavy atom. The van der Waals surface area contributed by atoms with Gasteiger partial charge in [0.25, 0.3) is 17.2 Å². The average molecular weight is 522 g/mol. The van der Waals surface area contributed by atoms with E-state index in [1.165, 1.54) is 48.4 Å². The molecule has 13 heteroatoms. The number of alkyl halides is 1. The molecule has 0 bridgehead atoms. The smallest absolute Gasteiger partial charge is 0.269 e. The van der Waals surface area contributed by atoms with Crippen molar-refractivity contribution < 1.29 is 18.9 Å². The van der Waals surface area contributed by atoms with Crippen LogP contribution in [0.3, 0.4) is 0 Å². The van der Waals surface area contributed by atoms with E-state index in [4.69, 9.17) is 0 Å². The molecule has 1 aliphatic heterocycles. The van der Waals surface area contributed by atoms with Gasteiger partial charge in [-0.1, -0.05) is 12.1 Å². The van der Waals surface area contributed by atoms with Crippen LogP contribution in [0.25, 0.3) is 22.1 Å². The van der Waals surface area contributed by atoms with Gasteiger partial charge in [-0.15, -0.1) is 0 Å². The second kappa shape index (κ2) is 9.01. The summed E-state index contributed by atoms with van der Waals surface area (Å²) in [4.78, 5) is 60.1. The minimum Gasteiger partial charge on any atom is -0.348 e. The zero-order chi connectivity index (χ0) is 27.4. The molecule has 0 atom stereocenters. The van der Waals surface area contributed by atoms with Crippen LogP contribution in [0.4, 0.5) is 10.1 Å². The van der Waals surface area contributed by atoms with Gasteiger partial charge in [-0.25, -0.2) is 14.4 Å². The normalized spacial score (nSPS) is 14.5. The van der Waals surface area contributed by atoms with Gasteiger partial charge in [0.05, 0.1) is 29.7 Å². The molecule has 4 heterocycles. The average Bonchev–Trinajstić information content (AvgIpc) is 3.16. The van der Waals surface area contributed by atoms with Crippen molar-refractivity contribution in [3.63, 3.8) is 0 Å². The second-order valence-corrected chi connectivity index (χ2v) is 9.67. The lowest BCUT2D eigenvalue weighted by Crippen LogP contribution is -2.60. The summed E-state index contributed by atoms with van der Waals surface area (Å²) < 4.78 is 16.9. The van der Waals surface area contributed by atoms with E-state index >= 15 is 0 Å². The molecular weight excluding hydrogens is 497 g/mol. The van der Waals surface area contributed by atoms with Crippen molar-refractivity contribution >= 4 is 39.6 Å². The summed E-state index contributed by atoms with van der Waals surface area (Å²) in [6.45, 7) is 2.66. The molecule has 0 aliphatic carbocycles. The lowest BCUT2D eigenvalue weighted by Gasteiger charge is -2.42. The number of carbonyl (C=O) groups excluding carboxylic acids is 2. The van der Waals surface area contributed by atoms with E-state index in [2.05, 4.69) is 15.3 Å². The van der Waals surface area contributed by atoms with Crippen molar-refractivity contribution in [1.82, 2.24) is 29.3 Å². The highest BCUT2D eigenvalue weighted by Gasteiger charge is 2.41. The number of likely N-dealkylation sites (tertiary alicyclic amines) is 1. The largest absolute Gasteiger partial charge is 0.348 e. The predicted molar refractivity (Wildman–Crippen MR) is 135 cm³/mol. The molecule has 12 nitrogen and oxygen atoms in total. The maximum Gasteiger partial charge on any atom is 0.269 e. The molecule has 38 heavy (non-hydrogen) atoms. The van der Waals surface area contributed by atoms with E-state index in [1.54, 1.807) is 18.5 Å². The highest BCUT2D eigenvalue weighted by atomic mass is 19.1. The van der Waals surface area contributed by atoms with Crippen LogP contribution in [0.2, 0.25) is 0 Å². The number of rotatable bonds is 6. The van der Waals surface area contributed by atoms with Crippen LogP contribution in [0.15, 0.2) is 41.3 Å². The molecule has 1 N–H and O–H groups in total. The first-order valence-electron chi connectivity index (χ1n) is 11.8. The van der Waals surface area contributed by atoms with E-state index in [0.717, 1.165) is 4.57 Å². The second-order valence-electron chi connectivity index (χ2n) is 9.67. The summed E-state index contributed by atoms with van der Waals surface area (Å²) in [6, 6.07) is 7.09. The van der Waals surface area contributed by atoms with Crippen molar-refractivity contribution in [1.29, 1.82) is 0 Å². The van der Waals surface area contributed by atoms with Crippen molar-refractivity contribution in [2.24, 2.45) is 7.05 Å². The summed E-state index contributed by atoms with van der Waals surface area (Å²) in [5.74, 6) is -0.460. The summed E-state index contributed by atoms with van der Waals surface area (Å²) in [7, 11) is 1.79. The van der Waals surface area contributed by atoms with Crippen molar-refractivity contribution in [3.8, 4) is 0 Å². The molecule has 3 aromatic heterocycles. The first-order chi connectivity index (χ1) is 17.9. The van der Waals surface area contributed by atoms with E-state index in [9.17, 15) is 28.9 Å². The van der Waals surface area contributed by atoms with Crippen molar-refractivity contribution in [3.05, 3.63) is 73.9 Å². The summed E-state index contributed by atoms with van der Waals surface area (Å²) in [5, 5.41) is 14.0. The Morgan fingerprint density at radius 1 is 1.24 bits per heavy atom. The number of nitrogens with one attached hydrogen (secondary N) is 1. The summed E-state index contributed by atoms with van der Waals surface area (Å²) in [6.07, 6.45) is 1.50. The fourth-order valence-corrected chi connectivity index (χ4v) is 4.62. The molecule has 0 saturated carbocycles. The minimum absolute atomic E-state index is 0.0172. The third-order valence-corrected chi connectivity index (χ3v) is 6.70. The third kappa shape index (κ3) is 4.35. The van der Waals surface area contributed by atoms with Crippen LogP contribution in [-0.4, -0.2) is 59.5 Å². The molecule has 5 rings (SSSR count). The molecule has 1 fully saturated rings. The number of nitrogens with zero attached hydrogens (tertiary/aromatic N) is 6. The number of nitro benzene ring substituents is 1. The SMILES string of the molecule is Cc1nc2cnc3c(cc(C(=O)NCc4ccc([N+](=O)[O-])cc4)c(=O)n3CC(=O)N3CC(C)(F)C3)c2n1C. The number of aryl methyl sites for hydroxylation is 2. The standard InChI is InChI=1S/C25H24FN7O5/c1-14-29-19-10-27-22-17(21(19)30(14)3)8-18(23(35)28-9-15-4-6-16(7-5-15)33(37)38)24(36)32(22)11-20(34)31-12-25(2,26)13-31/h4-8,10H,9,11-13H2,1-3H3,(H,28,35). The number of hydrogen-bond donors (Lipinski definition) is 1. The lowest BCUT2D eigenvalue weighted by atomic mass is 9.99. The molecule has 0 unspecified atom stereocenters. The van der Waals surface area contributed by atoms with Crippen molar-refractivity contribution in [2.75, 3.05) is 13.1 Å². The maximum absolute atomic E-state index is 14.0. The number of aromatic nitrogens is 4. The number of non-ortho nitro benzene ring substituents is 1. The third-order valence-electron chi connectivity index (χ3n) is 6.70. The molecule has 0 spiro atoms. The first kappa shape index (κ1) is 25.0. The Bertz CT molecular complexity index is 1680. The topological polar surface area (TPSA) is 145 Å². The zero-order valence-corrected chi connectivity index (χ0v) is 20.9. The Labute approximate surface area is 214 Å². The predicted octanol–water partition coefficient (Wildman–Crippen LogP) is 2.00. The van der Waals surface area contributed by atoms with Crippen LogP contribution < -0.4 is 10.9 Å². The van der Waals surface area contributed by atoms with Gasteiger partial charge in [0.2, 0.25) is 5.91 Å². The fraction of sp³-hybridized carbons (Fsp3) is 0.320. The molecule has 1 aliphatic rings. The highest BCUT2D eigenvalue weighted by Crippen LogP contribution is 2.26. The number of benzene rings is 1. The Morgan fingerprint density at radius 2 is 1.92 bits per heavy atom. The van der Waals surface area contributed by atoms with Gasteiger partial charge >= 0.3 is 0 Å². The van der Waals surface area contributed by atoms with Gasteiger partial charge in [-0.05, 0) is 25.5 Å². The van der Waals surface area contributed by atoms with Crippen LogP contribution >= 0.6 is 0 Å². The van der Waals surface area contributed by atoms with E-state index in [-0.39, 0.29) is 36.5 Å². The molecule has 196 valence electrons. The number of hydrogen-bond acceptors (Lipinski definition) is 7. The number of imidazole rings is 1. The molecular formula is C25H24FN7O5. The highest BCUT2D eigenvalue weighted by molar-refractivity contribution is 6.05. The van der Waals surface area contributed by atoms with Gasteiger partial charge in [-0.3, -0.25) is 29.1 Å². The van der Waals surface area contributed by atoms with Crippen LogP contribution in [0, 0.1) is 17.0 Å². The van der Waals surface area contributed by atoms with Gasteiger partial charge < -0.3 is 14.8 Å². The molecule has 4 aromatic rings. The number of amides is 2. The van der Waals surface area contributed by atoms with Crippen LogP contribution in [-0.2, 0) is 24.9 Å². The molecule has 1 aromatic carbocycles. The number of halogens is 1. The van der Waals surface area contributed by atoms with Gasteiger partial charge in [0.15, 0.2) is 0 Å². The monoisotopic (exact) mass is 521 g/mol. The van der Waals surface area contributed by atoms with Gasteiger partial charge in [-0.2, -0.15) is 0 Å². The van der Waals surface area contributed by atoms with Crippen LogP contribution in [0.1, 0.15) is 28.7 Å². The van der Waals surface area contributed by atoms with E-state index < -0.39 is 34.5 Å². The molecule has 1 saturated heterocycles. The summed E-state index contributed by atoms with van der Waals surface area (Å²) in [5.41, 5.74) is -0.492. The Kier molecular flexibility index (Phi) is 5.93. The van der Waals surface area contributed by atoms with E-state index in [1.807, 2.05) is 0 Å². The van der Waals surface area contributed by atoms with E-state index in [0.29, 0.717) is 27.8 Å². The molecule has 2 amide bonds.